The fourth-order valence-electron chi connectivity index (χ4n) is 1.61. The maximum Gasteiger partial charge on any atom is 0.245 e. The van der Waals surface area contributed by atoms with Crippen molar-refractivity contribution in [3.05, 3.63) is 23.2 Å². The van der Waals surface area contributed by atoms with Crippen molar-refractivity contribution in [2.24, 2.45) is 0 Å². The smallest absolute Gasteiger partial charge is 0.245 e. The van der Waals surface area contributed by atoms with Gasteiger partial charge < -0.3 is 8.84 Å². The van der Waals surface area contributed by atoms with Crippen LogP contribution in [0.3, 0.4) is 0 Å². The second-order valence-corrected chi connectivity index (χ2v) is 11.7. The minimum atomic E-state index is -1.76. The summed E-state index contributed by atoms with van der Waals surface area (Å²) in [4.78, 5) is 8.90. The molecule has 0 unspecified atom stereocenters. The first-order chi connectivity index (χ1) is 9.10. The summed E-state index contributed by atoms with van der Waals surface area (Å²) in [5.74, 6) is 0.801. The third-order valence-electron chi connectivity index (χ3n) is 4.21. The van der Waals surface area contributed by atoms with E-state index in [0.717, 1.165) is 22.7 Å². The van der Waals surface area contributed by atoms with Gasteiger partial charge in [-0.25, -0.2) is 9.97 Å². The summed E-state index contributed by atoms with van der Waals surface area (Å²) in [5, 5.41) is 0.197. The van der Waals surface area contributed by atoms with E-state index in [1.807, 2.05) is 19.9 Å². The van der Waals surface area contributed by atoms with Gasteiger partial charge in [0.15, 0.2) is 8.32 Å². The molecule has 0 N–H and O–H groups in total. The van der Waals surface area contributed by atoms with Crippen molar-refractivity contribution in [1.82, 2.24) is 9.97 Å². The highest BCUT2D eigenvalue weighted by Gasteiger charge is 2.37. The van der Waals surface area contributed by atoms with Gasteiger partial charge in [-0.3, -0.25) is 0 Å². The van der Waals surface area contributed by atoms with Gasteiger partial charge in [0.2, 0.25) is 5.71 Å². The van der Waals surface area contributed by atoms with Gasteiger partial charge in [0.1, 0.15) is 11.3 Å². The molecule has 0 amide bonds. The maximum atomic E-state index is 6.16. The van der Waals surface area contributed by atoms with Gasteiger partial charge in [-0.2, -0.15) is 0 Å². The Labute approximate surface area is 121 Å². The number of aryl methyl sites for hydroxylation is 2. The number of hydrogen-bond acceptors (Lipinski definition) is 4. The molecule has 0 bridgehead atoms. The second-order valence-electron chi connectivity index (χ2n) is 6.85. The molecule has 0 aliphatic carbocycles. The highest BCUT2D eigenvalue weighted by molar-refractivity contribution is 6.74. The number of aromatic nitrogens is 2. The minimum Gasteiger partial charge on any atom is -0.439 e. The van der Waals surface area contributed by atoms with Gasteiger partial charge >= 0.3 is 0 Å². The minimum absolute atomic E-state index is 0.197. The third kappa shape index (κ3) is 2.93. The normalized spacial score (nSPS) is 13.2. The molecule has 0 atom stereocenters. The predicted octanol–water partition coefficient (Wildman–Crippen LogP) is 4.36. The molecule has 0 fully saturated rings. The van der Waals surface area contributed by atoms with Gasteiger partial charge in [-0.1, -0.05) is 20.8 Å². The van der Waals surface area contributed by atoms with E-state index >= 15 is 0 Å². The molecule has 2 heterocycles. The monoisotopic (exact) mass is 292 g/mol. The topological polar surface area (TPSA) is 48.2 Å². The second kappa shape index (κ2) is 4.97. The molecule has 0 spiro atoms. The largest absolute Gasteiger partial charge is 0.439 e. The number of fused-ring (bicyclic) bond motifs is 1. The van der Waals surface area contributed by atoms with Crippen molar-refractivity contribution < 1.29 is 8.84 Å². The van der Waals surface area contributed by atoms with Crippen molar-refractivity contribution in [2.75, 3.05) is 0 Å². The van der Waals surface area contributed by atoms with Crippen LogP contribution in [0.5, 0.6) is 0 Å². The van der Waals surface area contributed by atoms with Crippen LogP contribution in [0.2, 0.25) is 18.1 Å². The predicted molar refractivity (Wildman–Crippen MR) is 83.3 cm³/mol. The van der Waals surface area contributed by atoms with Crippen LogP contribution in [0.1, 0.15) is 37.9 Å². The van der Waals surface area contributed by atoms with Crippen molar-refractivity contribution in [1.29, 1.82) is 0 Å². The van der Waals surface area contributed by atoms with E-state index in [4.69, 9.17) is 8.84 Å². The zero-order valence-corrected chi connectivity index (χ0v) is 14.5. The fourth-order valence-corrected chi connectivity index (χ4v) is 2.55. The number of nitrogens with zero attached hydrogens (tertiary/aromatic N) is 2. The van der Waals surface area contributed by atoms with E-state index in [1.165, 1.54) is 0 Å². The molecule has 0 saturated heterocycles. The van der Waals surface area contributed by atoms with E-state index in [1.54, 1.807) is 0 Å². The van der Waals surface area contributed by atoms with Crippen LogP contribution in [0.15, 0.2) is 10.5 Å². The van der Waals surface area contributed by atoms with Gasteiger partial charge in [-0.05, 0) is 32.0 Å². The molecule has 2 aromatic heterocycles. The van der Waals surface area contributed by atoms with Crippen molar-refractivity contribution in [2.45, 2.75) is 59.4 Å². The lowest BCUT2D eigenvalue weighted by Crippen LogP contribution is -2.40. The highest BCUT2D eigenvalue weighted by Crippen LogP contribution is 2.37. The summed E-state index contributed by atoms with van der Waals surface area (Å²) >= 11 is 0. The fraction of sp³-hybridized carbons (Fsp3) is 0.600. The Balaban J connectivity index is 2.19. The molecule has 4 nitrogen and oxygen atoms in total. The Kier molecular flexibility index (Phi) is 3.77. The summed E-state index contributed by atoms with van der Waals surface area (Å²) in [6, 6.07) is 1.93. The van der Waals surface area contributed by atoms with E-state index in [9.17, 15) is 0 Å². The Morgan fingerprint density at radius 2 is 1.75 bits per heavy atom. The van der Waals surface area contributed by atoms with Gasteiger partial charge in [-0.15, -0.1) is 0 Å². The summed E-state index contributed by atoms with van der Waals surface area (Å²) in [6.07, 6.45) is 0. The summed E-state index contributed by atoms with van der Waals surface area (Å²) in [7, 11) is -1.76. The molecule has 0 saturated carbocycles. The molecule has 0 aromatic carbocycles. The van der Waals surface area contributed by atoms with Crippen LogP contribution in [-0.4, -0.2) is 18.3 Å². The Morgan fingerprint density at radius 3 is 2.35 bits per heavy atom. The molecule has 0 radical (unpaired) electrons. The first-order valence-corrected chi connectivity index (χ1v) is 9.88. The van der Waals surface area contributed by atoms with E-state index in [0.29, 0.717) is 12.3 Å². The maximum absolute atomic E-state index is 6.16. The van der Waals surface area contributed by atoms with Crippen LogP contribution in [-0.2, 0) is 11.0 Å². The Morgan fingerprint density at radius 1 is 1.15 bits per heavy atom. The molecular weight excluding hydrogens is 268 g/mol. The Hall–Kier alpha value is -1.20. The molecule has 0 aliphatic rings. The number of rotatable bonds is 3. The highest BCUT2D eigenvalue weighted by atomic mass is 28.4. The van der Waals surface area contributed by atoms with Crippen molar-refractivity contribution in [3.8, 4) is 0 Å². The lowest BCUT2D eigenvalue weighted by atomic mass is 10.2. The zero-order valence-electron chi connectivity index (χ0n) is 13.5. The van der Waals surface area contributed by atoms with Crippen LogP contribution in [0.25, 0.3) is 11.2 Å². The average Bonchev–Trinajstić information content (AvgIpc) is 2.68. The van der Waals surface area contributed by atoms with Gasteiger partial charge in [0, 0.05) is 6.07 Å². The quantitative estimate of drug-likeness (QED) is 0.789. The van der Waals surface area contributed by atoms with Crippen LogP contribution < -0.4 is 0 Å². The molecule has 0 aliphatic heterocycles. The molecular formula is C15H24N2O2Si. The number of furan rings is 1. The van der Waals surface area contributed by atoms with Crippen LogP contribution >= 0.6 is 0 Å². The van der Waals surface area contributed by atoms with E-state index < -0.39 is 8.32 Å². The Bertz CT molecular complexity index is 588. The van der Waals surface area contributed by atoms with Gasteiger partial charge in [0.25, 0.3) is 0 Å². The summed E-state index contributed by atoms with van der Waals surface area (Å²) < 4.78 is 11.9. The standard InChI is InChI=1S/C15H24N2O2Si/c1-10-11(2)17-14-13(16-10)8-12(19-14)9-18-20(6,7)15(3,4)5/h8H,9H2,1-7H3. The first kappa shape index (κ1) is 15.2. The first-order valence-electron chi connectivity index (χ1n) is 6.98. The molecule has 2 rings (SSSR count). The zero-order chi connectivity index (χ0) is 15.1. The lowest BCUT2D eigenvalue weighted by Gasteiger charge is -2.35. The third-order valence-corrected chi connectivity index (χ3v) is 8.69. The van der Waals surface area contributed by atoms with Gasteiger partial charge in [0.05, 0.1) is 18.0 Å². The average molecular weight is 292 g/mol. The molecule has 20 heavy (non-hydrogen) atoms. The molecule has 110 valence electrons. The van der Waals surface area contributed by atoms with Crippen LogP contribution in [0, 0.1) is 13.8 Å². The van der Waals surface area contributed by atoms with Crippen molar-refractivity contribution in [3.63, 3.8) is 0 Å². The van der Waals surface area contributed by atoms with Crippen molar-refractivity contribution >= 4 is 19.5 Å². The summed E-state index contributed by atoms with van der Waals surface area (Å²) in [6.45, 7) is 15.6. The summed E-state index contributed by atoms with van der Waals surface area (Å²) in [5.41, 5.74) is 3.25. The number of hydrogen-bond donors (Lipinski definition) is 0. The van der Waals surface area contributed by atoms with Crippen LogP contribution in [0.4, 0.5) is 0 Å². The lowest BCUT2D eigenvalue weighted by molar-refractivity contribution is 0.249. The molecule has 5 heteroatoms. The van der Waals surface area contributed by atoms with E-state index in [2.05, 4.69) is 43.8 Å². The molecule has 2 aromatic rings. The van der Waals surface area contributed by atoms with E-state index in [-0.39, 0.29) is 5.04 Å². The SMILES string of the molecule is Cc1nc2cc(CO[Si](C)(C)C(C)(C)C)oc2nc1C.